The van der Waals surface area contributed by atoms with E-state index >= 15 is 0 Å². The van der Waals surface area contributed by atoms with E-state index in [1.165, 1.54) is 11.3 Å². The topological polar surface area (TPSA) is 77.0 Å². The lowest BCUT2D eigenvalue weighted by molar-refractivity contribution is 1.28. The van der Waals surface area contributed by atoms with Crippen LogP contribution in [0.1, 0.15) is 4.88 Å². The summed E-state index contributed by atoms with van der Waals surface area (Å²) in [6, 6.07) is 27.8. The van der Waals surface area contributed by atoms with Crippen LogP contribution in [0.5, 0.6) is 0 Å². The molecule has 0 aliphatic carbocycles. The summed E-state index contributed by atoms with van der Waals surface area (Å²) in [6.07, 6.45) is 6.86. The molecule has 0 spiro atoms. The van der Waals surface area contributed by atoms with E-state index in [2.05, 4.69) is 19.9 Å². The Morgan fingerprint density at radius 3 is 1.94 bits per heavy atom. The molecular formula is C26H20ClN5S. The minimum Gasteiger partial charge on any atom is -0.383 e. The third kappa shape index (κ3) is 6.10. The normalized spacial score (nSPS) is 10.6. The minimum atomic E-state index is 0.510. The number of hydrogen-bond acceptors (Lipinski definition) is 6. The monoisotopic (exact) mass is 469 g/mol. The molecule has 0 saturated heterocycles. The number of aliphatic imine (C=N–C) groups is 1. The molecule has 5 nitrogen and oxygen atoms in total. The van der Waals surface area contributed by atoms with E-state index in [4.69, 9.17) is 17.3 Å². The molecule has 2 aromatic carbocycles. The fraction of sp³-hybridized carbons (Fsp3) is 0. The van der Waals surface area contributed by atoms with Crippen molar-refractivity contribution >= 4 is 40.8 Å². The molecule has 3 heterocycles. The van der Waals surface area contributed by atoms with Gasteiger partial charge in [0.1, 0.15) is 5.82 Å². The second-order valence-electron chi connectivity index (χ2n) is 6.82. The SMILES string of the molecule is Clc1ncc(C=Nc2ncccc2-c2ccccc2)s1.Nc1ncccc1-c1ccccc1. The number of halogens is 1. The summed E-state index contributed by atoms with van der Waals surface area (Å²) in [5.74, 6) is 1.26. The van der Waals surface area contributed by atoms with E-state index in [-0.39, 0.29) is 0 Å². The first kappa shape index (κ1) is 22.3. The third-order valence-corrected chi connectivity index (χ3v) is 5.65. The molecule has 7 heteroatoms. The molecule has 2 N–H and O–H groups in total. The Morgan fingerprint density at radius 1 is 0.727 bits per heavy atom. The van der Waals surface area contributed by atoms with Gasteiger partial charge in [0.05, 0.1) is 4.88 Å². The Morgan fingerprint density at radius 2 is 1.33 bits per heavy atom. The number of hydrogen-bond donors (Lipinski definition) is 1. The first-order valence-corrected chi connectivity index (χ1v) is 11.3. The molecule has 0 fully saturated rings. The zero-order valence-electron chi connectivity index (χ0n) is 17.5. The van der Waals surface area contributed by atoms with Crippen LogP contribution in [0.4, 0.5) is 11.6 Å². The minimum absolute atomic E-state index is 0.510. The van der Waals surface area contributed by atoms with Crippen LogP contribution in [0.15, 0.2) is 109 Å². The first-order chi connectivity index (χ1) is 16.2. The van der Waals surface area contributed by atoms with Gasteiger partial charge in [0, 0.05) is 35.9 Å². The lowest BCUT2D eigenvalue weighted by Crippen LogP contribution is -1.92. The summed E-state index contributed by atoms with van der Waals surface area (Å²) < 4.78 is 0.510. The molecule has 3 aromatic heterocycles. The van der Waals surface area contributed by atoms with E-state index in [1.54, 1.807) is 24.8 Å². The van der Waals surface area contributed by atoms with Crippen molar-refractivity contribution in [1.82, 2.24) is 15.0 Å². The Balaban J connectivity index is 0.000000172. The van der Waals surface area contributed by atoms with Crippen LogP contribution in [0.25, 0.3) is 22.3 Å². The van der Waals surface area contributed by atoms with Gasteiger partial charge in [-0.25, -0.2) is 19.9 Å². The van der Waals surface area contributed by atoms with E-state index in [1.807, 2.05) is 84.9 Å². The highest BCUT2D eigenvalue weighted by Crippen LogP contribution is 2.28. The molecule has 5 aromatic rings. The molecule has 0 atom stereocenters. The molecule has 0 aliphatic heterocycles. The molecule has 0 unspecified atom stereocenters. The van der Waals surface area contributed by atoms with Crippen LogP contribution in [0.2, 0.25) is 4.47 Å². The fourth-order valence-corrected chi connectivity index (χ4v) is 3.90. The number of benzene rings is 2. The highest BCUT2D eigenvalue weighted by atomic mass is 35.5. The molecule has 0 amide bonds. The summed E-state index contributed by atoms with van der Waals surface area (Å²) in [4.78, 5) is 17.7. The van der Waals surface area contributed by atoms with Crippen molar-refractivity contribution in [3.63, 3.8) is 0 Å². The number of anilines is 1. The number of nitrogen functional groups attached to an aromatic ring is 1. The number of aromatic nitrogens is 3. The van der Waals surface area contributed by atoms with Crippen LogP contribution in [-0.4, -0.2) is 21.2 Å². The highest BCUT2D eigenvalue weighted by molar-refractivity contribution is 7.17. The quantitative estimate of drug-likeness (QED) is 0.289. The van der Waals surface area contributed by atoms with Crippen molar-refractivity contribution in [3.8, 4) is 22.3 Å². The first-order valence-electron chi connectivity index (χ1n) is 10.1. The van der Waals surface area contributed by atoms with Crippen LogP contribution in [0, 0.1) is 0 Å². The van der Waals surface area contributed by atoms with Gasteiger partial charge in [-0.1, -0.05) is 72.3 Å². The van der Waals surface area contributed by atoms with Crippen LogP contribution >= 0.6 is 22.9 Å². The van der Waals surface area contributed by atoms with Crippen molar-refractivity contribution in [3.05, 3.63) is 113 Å². The van der Waals surface area contributed by atoms with Crippen molar-refractivity contribution < 1.29 is 0 Å². The molecular weight excluding hydrogens is 450 g/mol. The maximum absolute atomic E-state index is 5.80. The smallest absolute Gasteiger partial charge is 0.184 e. The third-order valence-electron chi connectivity index (χ3n) is 4.60. The lowest BCUT2D eigenvalue weighted by atomic mass is 10.1. The zero-order chi connectivity index (χ0) is 22.9. The largest absolute Gasteiger partial charge is 0.383 e. The molecule has 0 bridgehead atoms. The Hall–Kier alpha value is -3.87. The van der Waals surface area contributed by atoms with E-state index in [0.29, 0.717) is 16.1 Å². The van der Waals surface area contributed by atoms with Gasteiger partial charge in [-0.2, -0.15) is 0 Å². The Kier molecular flexibility index (Phi) is 7.53. The van der Waals surface area contributed by atoms with Gasteiger partial charge >= 0.3 is 0 Å². The summed E-state index contributed by atoms with van der Waals surface area (Å²) in [5.41, 5.74) is 9.93. The molecule has 5 rings (SSSR count). The number of rotatable bonds is 4. The van der Waals surface area contributed by atoms with E-state index in [0.717, 1.165) is 27.1 Å². The summed E-state index contributed by atoms with van der Waals surface area (Å²) in [6.45, 7) is 0. The molecule has 0 aliphatic rings. The fourth-order valence-electron chi connectivity index (χ4n) is 3.07. The average molecular weight is 470 g/mol. The van der Waals surface area contributed by atoms with Crippen LogP contribution < -0.4 is 5.73 Å². The number of pyridine rings is 2. The Labute approximate surface area is 201 Å². The van der Waals surface area contributed by atoms with Gasteiger partial charge in [0.15, 0.2) is 10.3 Å². The Bertz CT molecular complexity index is 1340. The number of nitrogens with two attached hydrogens (primary N) is 1. The summed E-state index contributed by atoms with van der Waals surface area (Å²) in [7, 11) is 0. The van der Waals surface area contributed by atoms with E-state index < -0.39 is 0 Å². The van der Waals surface area contributed by atoms with Crippen molar-refractivity contribution in [1.29, 1.82) is 0 Å². The van der Waals surface area contributed by atoms with Gasteiger partial charge in [-0.3, -0.25) is 0 Å². The number of nitrogens with zero attached hydrogens (tertiary/aromatic N) is 4. The van der Waals surface area contributed by atoms with Crippen molar-refractivity contribution in [2.24, 2.45) is 4.99 Å². The van der Waals surface area contributed by atoms with Gasteiger partial charge in [0.25, 0.3) is 0 Å². The van der Waals surface area contributed by atoms with Gasteiger partial charge in [-0.05, 0) is 35.4 Å². The van der Waals surface area contributed by atoms with E-state index in [9.17, 15) is 0 Å². The van der Waals surface area contributed by atoms with Gasteiger partial charge < -0.3 is 5.73 Å². The number of thiazole rings is 1. The zero-order valence-corrected chi connectivity index (χ0v) is 19.1. The molecule has 162 valence electrons. The van der Waals surface area contributed by atoms with Crippen LogP contribution in [-0.2, 0) is 0 Å². The maximum Gasteiger partial charge on any atom is 0.184 e. The summed E-state index contributed by atoms with van der Waals surface area (Å²) >= 11 is 7.19. The summed E-state index contributed by atoms with van der Waals surface area (Å²) in [5, 5.41) is 0. The predicted octanol–water partition coefficient (Wildman–Crippen LogP) is 6.94. The maximum atomic E-state index is 5.80. The second kappa shape index (κ2) is 11.1. The van der Waals surface area contributed by atoms with Crippen molar-refractivity contribution in [2.45, 2.75) is 0 Å². The standard InChI is InChI=1S/C15H10ClN3S.C11H10N2/c16-15-19-10-12(20-15)9-18-14-13(7-4-8-17-14)11-5-2-1-3-6-11;12-11-10(7-4-8-13-11)9-5-2-1-3-6-9/h1-10H;1-8H,(H2,12,13). The van der Waals surface area contributed by atoms with Gasteiger partial charge in [0.2, 0.25) is 0 Å². The average Bonchev–Trinajstić information content (AvgIpc) is 3.30. The van der Waals surface area contributed by atoms with Crippen molar-refractivity contribution in [2.75, 3.05) is 5.73 Å². The predicted molar refractivity (Wildman–Crippen MR) is 138 cm³/mol. The molecule has 0 radical (unpaired) electrons. The van der Waals surface area contributed by atoms with Gasteiger partial charge in [-0.15, -0.1) is 11.3 Å². The highest BCUT2D eigenvalue weighted by Gasteiger charge is 2.04. The molecule has 0 saturated carbocycles. The lowest BCUT2D eigenvalue weighted by Gasteiger charge is -2.03. The second-order valence-corrected chi connectivity index (χ2v) is 8.46. The van der Waals surface area contributed by atoms with Crippen LogP contribution in [0.3, 0.4) is 0 Å². The molecule has 33 heavy (non-hydrogen) atoms.